The highest BCUT2D eigenvalue weighted by atomic mass is 35.5. The van der Waals surface area contributed by atoms with Gasteiger partial charge in [-0.05, 0) is 43.9 Å². The fourth-order valence-electron chi connectivity index (χ4n) is 5.46. The van der Waals surface area contributed by atoms with Gasteiger partial charge in [0.2, 0.25) is 0 Å². The van der Waals surface area contributed by atoms with Crippen molar-refractivity contribution in [1.82, 2.24) is 19.9 Å². The van der Waals surface area contributed by atoms with Gasteiger partial charge in [-0.15, -0.1) is 0 Å². The zero-order chi connectivity index (χ0) is 30.3. The van der Waals surface area contributed by atoms with Crippen LogP contribution < -0.4 is 0 Å². The van der Waals surface area contributed by atoms with E-state index >= 15 is 0 Å². The van der Waals surface area contributed by atoms with E-state index in [2.05, 4.69) is 49.1 Å². The molecule has 1 aliphatic carbocycles. The molecule has 216 valence electrons. The highest BCUT2D eigenvalue weighted by molar-refractivity contribution is 6.32. The molecule has 0 saturated heterocycles. The molecule has 5 aromatic rings. The minimum absolute atomic E-state index is 0.181. The molecule has 0 bridgehead atoms. The Bertz CT molecular complexity index is 1870. The standard InChI is InChI=1S/C39H33ClN4/c1-3-5-16-27(4-2)33-26-34(28-17-9-6-10-18-28)42-39(41-33)32-24-15-23-31(25-32)37-38(40)44-36(30-21-13-8-14-22-30)35(43-37)29-19-11-7-12-20-29/h3-6,8-11,13-19,21-26,29H,2,7,12,20H2,1H3/b5-3-,27-16+. The zero-order valence-corrected chi connectivity index (χ0v) is 25.5. The maximum Gasteiger partial charge on any atom is 0.160 e. The Morgan fingerprint density at radius 3 is 2.23 bits per heavy atom. The molecule has 0 radical (unpaired) electrons. The summed E-state index contributed by atoms with van der Waals surface area (Å²) in [7, 11) is 0. The summed E-state index contributed by atoms with van der Waals surface area (Å²) in [6.07, 6.45) is 15.6. The number of allylic oxidation sites excluding steroid dienone is 7. The van der Waals surface area contributed by atoms with E-state index in [0.717, 1.165) is 69.9 Å². The Kier molecular flexibility index (Phi) is 9.00. The van der Waals surface area contributed by atoms with Crippen molar-refractivity contribution in [2.75, 3.05) is 0 Å². The molecule has 1 unspecified atom stereocenters. The van der Waals surface area contributed by atoms with Crippen LogP contribution >= 0.6 is 11.6 Å². The second kappa shape index (κ2) is 13.6. The van der Waals surface area contributed by atoms with Gasteiger partial charge in [0.1, 0.15) is 5.69 Å². The topological polar surface area (TPSA) is 51.6 Å². The minimum Gasteiger partial charge on any atom is -0.247 e. The van der Waals surface area contributed by atoms with Gasteiger partial charge in [-0.3, -0.25) is 0 Å². The Morgan fingerprint density at radius 1 is 0.795 bits per heavy atom. The maximum absolute atomic E-state index is 6.91. The number of rotatable bonds is 8. The fraction of sp³-hybridized carbons (Fsp3) is 0.128. The van der Waals surface area contributed by atoms with E-state index < -0.39 is 0 Å². The highest BCUT2D eigenvalue weighted by Gasteiger charge is 2.22. The van der Waals surface area contributed by atoms with E-state index in [4.69, 9.17) is 31.5 Å². The van der Waals surface area contributed by atoms with Crippen LogP contribution in [0.25, 0.3) is 50.7 Å². The lowest BCUT2D eigenvalue weighted by molar-refractivity contribution is 0.641. The molecule has 2 heterocycles. The first kappa shape index (κ1) is 29.2. The Hall–Kier alpha value is -4.93. The lowest BCUT2D eigenvalue weighted by Crippen LogP contribution is -2.08. The Labute approximate surface area is 264 Å². The number of aromatic nitrogens is 4. The van der Waals surface area contributed by atoms with E-state index in [1.807, 2.05) is 91.9 Å². The van der Waals surface area contributed by atoms with Gasteiger partial charge in [0, 0.05) is 28.2 Å². The molecule has 6 rings (SSSR count). The summed E-state index contributed by atoms with van der Waals surface area (Å²) in [5, 5.41) is 0.368. The number of hydrogen-bond acceptors (Lipinski definition) is 4. The molecule has 2 aromatic heterocycles. The van der Waals surface area contributed by atoms with Crippen molar-refractivity contribution in [1.29, 1.82) is 0 Å². The van der Waals surface area contributed by atoms with Gasteiger partial charge >= 0.3 is 0 Å². The smallest absolute Gasteiger partial charge is 0.160 e. The number of halogens is 1. The van der Waals surface area contributed by atoms with Crippen molar-refractivity contribution in [3.05, 3.63) is 151 Å². The molecule has 44 heavy (non-hydrogen) atoms. The summed E-state index contributed by atoms with van der Waals surface area (Å²) >= 11 is 6.91. The van der Waals surface area contributed by atoms with Crippen molar-refractivity contribution in [3.63, 3.8) is 0 Å². The molecule has 0 spiro atoms. The third kappa shape index (κ3) is 6.36. The summed E-state index contributed by atoms with van der Waals surface area (Å²) in [6.45, 7) is 6.02. The summed E-state index contributed by atoms with van der Waals surface area (Å²) in [6, 6.07) is 30.4. The molecule has 1 atom stereocenters. The molecule has 4 nitrogen and oxygen atoms in total. The number of benzene rings is 3. The van der Waals surface area contributed by atoms with Crippen LogP contribution in [0.4, 0.5) is 0 Å². The molecule has 0 fully saturated rings. The SMILES string of the molecule is C=C/C(=C\C=C/C)c1cc(-c2ccccc2)nc(-c2cccc(-c3nc(C4C=CCCC4)c(-c4ccccc4)nc3Cl)c2)n1. The lowest BCUT2D eigenvalue weighted by atomic mass is 9.90. The minimum atomic E-state index is 0.181. The molecular weight excluding hydrogens is 560 g/mol. The first-order valence-electron chi connectivity index (χ1n) is 14.9. The van der Waals surface area contributed by atoms with Crippen LogP contribution in [0.15, 0.2) is 134 Å². The van der Waals surface area contributed by atoms with Crippen LogP contribution in [0.3, 0.4) is 0 Å². The van der Waals surface area contributed by atoms with Crippen molar-refractivity contribution in [2.45, 2.75) is 32.1 Å². The first-order chi connectivity index (χ1) is 21.6. The zero-order valence-electron chi connectivity index (χ0n) is 24.7. The quantitative estimate of drug-likeness (QED) is 0.133. The first-order valence-corrected chi connectivity index (χ1v) is 15.3. The second-order valence-corrected chi connectivity index (χ2v) is 11.0. The van der Waals surface area contributed by atoms with Crippen molar-refractivity contribution in [3.8, 4) is 45.2 Å². The second-order valence-electron chi connectivity index (χ2n) is 10.7. The van der Waals surface area contributed by atoms with Crippen LogP contribution in [0.5, 0.6) is 0 Å². The highest BCUT2D eigenvalue weighted by Crippen LogP contribution is 2.37. The van der Waals surface area contributed by atoms with Gasteiger partial charge in [-0.1, -0.05) is 133 Å². The molecule has 1 aliphatic rings. The largest absolute Gasteiger partial charge is 0.247 e. The predicted octanol–water partition coefficient (Wildman–Crippen LogP) is 10.6. The molecule has 0 amide bonds. The van der Waals surface area contributed by atoms with Crippen molar-refractivity contribution >= 4 is 17.2 Å². The van der Waals surface area contributed by atoms with Crippen LogP contribution in [-0.4, -0.2) is 19.9 Å². The van der Waals surface area contributed by atoms with Crippen LogP contribution in [0.2, 0.25) is 5.15 Å². The normalized spacial score (nSPS) is 15.0. The van der Waals surface area contributed by atoms with Crippen LogP contribution in [0.1, 0.15) is 43.5 Å². The van der Waals surface area contributed by atoms with Crippen molar-refractivity contribution < 1.29 is 0 Å². The van der Waals surface area contributed by atoms with Gasteiger partial charge in [0.25, 0.3) is 0 Å². The Morgan fingerprint density at radius 2 is 1.52 bits per heavy atom. The molecule has 0 N–H and O–H groups in total. The molecule has 0 aliphatic heterocycles. The van der Waals surface area contributed by atoms with E-state index in [9.17, 15) is 0 Å². The van der Waals surface area contributed by atoms with E-state index in [1.54, 1.807) is 0 Å². The van der Waals surface area contributed by atoms with Gasteiger partial charge < -0.3 is 0 Å². The van der Waals surface area contributed by atoms with Gasteiger partial charge in [-0.25, -0.2) is 19.9 Å². The monoisotopic (exact) mass is 592 g/mol. The average Bonchev–Trinajstić information content (AvgIpc) is 3.09. The van der Waals surface area contributed by atoms with Crippen LogP contribution in [0, 0.1) is 0 Å². The molecule has 5 heteroatoms. The predicted molar refractivity (Wildman–Crippen MR) is 183 cm³/mol. The molecule has 0 saturated carbocycles. The van der Waals surface area contributed by atoms with E-state index in [-0.39, 0.29) is 5.92 Å². The Balaban J connectivity index is 1.49. The molecular formula is C39H33ClN4. The summed E-state index contributed by atoms with van der Waals surface area (Å²) in [5.41, 5.74) is 8.73. The summed E-state index contributed by atoms with van der Waals surface area (Å²) in [4.78, 5) is 20.2. The maximum atomic E-state index is 6.91. The summed E-state index contributed by atoms with van der Waals surface area (Å²) < 4.78 is 0. The van der Waals surface area contributed by atoms with E-state index in [0.29, 0.717) is 16.7 Å². The van der Waals surface area contributed by atoms with E-state index in [1.165, 1.54) is 0 Å². The van der Waals surface area contributed by atoms with Crippen molar-refractivity contribution in [2.24, 2.45) is 0 Å². The van der Waals surface area contributed by atoms with Gasteiger partial charge in [0.15, 0.2) is 11.0 Å². The third-order valence-electron chi connectivity index (χ3n) is 7.71. The number of hydrogen-bond donors (Lipinski definition) is 0. The van der Waals surface area contributed by atoms with Gasteiger partial charge in [0.05, 0.1) is 22.8 Å². The lowest BCUT2D eigenvalue weighted by Gasteiger charge is -2.20. The number of nitrogens with zero attached hydrogens (tertiary/aromatic N) is 4. The average molecular weight is 593 g/mol. The third-order valence-corrected chi connectivity index (χ3v) is 7.97. The fourth-order valence-corrected chi connectivity index (χ4v) is 5.70. The van der Waals surface area contributed by atoms with Crippen LogP contribution in [-0.2, 0) is 0 Å². The van der Waals surface area contributed by atoms with Gasteiger partial charge in [-0.2, -0.15) is 0 Å². The molecule has 3 aromatic carbocycles. The summed E-state index contributed by atoms with van der Waals surface area (Å²) in [5.74, 6) is 0.789.